The van der Waals surface area contributed by atoms with Gasteiger partial charge in [0.15, 0.2) is 0 Å². The summed E-state index contributed by atoms with van der Waals surface area (Å²) in [5.74, 6) is -0.633. The zero-order chi connectivity index (χ0) is 18.8. The summed E-state index contributed by atoms with van der Waals surface area (Å²) < 4.78 is 24.4. The predicted octanol–water partition coefficient (Wildman–Crippen LogP) is 1.65. The number of rotatable bonds is 4. The van der Waals surface area contributed by atoms with Crippen LogP contribution in [0.3, 0.4) is 0 Å². The number of halogens is 1. The van der Waals surface area contributed by atoms with Gasteiger partial charge in [0.1, 0.15) is 0 Å². The number of sulfonamides is 1. The van der Waals surface area contributed by atoms with Crippen LogP contribution in [0, 0.1) is 5.92 Å². The van der Waals surface area contributed by atoms with Gasteiger partial charge in [-0.1, -0.05) is 11.6 Å². The maximum Gasteiger partial charge on any atom is 0.254 e. The van der Waals surface area contributed by atoms with Gasteiger partial charge in [0.2, 0.25) is 15.9 Å². The van der Waals surface area contributed by atoms with Gasteiger partial charge in [0, 0.05) is 38.8 Å². The van der Waals surface area contributed by atoms with Crippen molar-refractivity contribution in [3.8, 4) is 0 Å². The molecule has 25 heavy (non-hydrogen) atoms. The SMILES string of the molecule is CN(C)C(=O)c1ccc(NC(=O)C2CCN(S(C)(=O)=O)CC2)cc1Cl. The van der Waals surface area contributed by atoms with E-state index in [4.69, 9.17) is 11.6 Å². The van der Waals surface area contributed by atoms with Crippen LogP contribution in [0.15, 0.2) is 18.2 Å². The molecule has 1 saturated heterocycles. The van der Waals surface area contributed by atoms with Crippen LogP contribution in [0.4, 0.5) is 5.69 Å². The van der Waals surface area contributed by atoms with Crippen LogP contribution in [-0.2, 0) is 14.8 Å². The second kappa shape index (κ2) is 7.72. The van der Waals surface area contributed by atoms with E-state index >= 15 is 0 Å². The highest BCUT2D eigenvalue weighted by Crippen LogP contribution is 2.24. The van der Waals surface area contributed by atoms with Crippen LogP contribution in [-0.4, -0.2) is 62.9 Å². The van der Waals surface area contributed by atoms with Crippen LogP contribution in [0.2, 0.25) is 5.02 Å². The number of amides is 2. The van der Waals surface area contributed by atoms with Gasteiger partial charge in [-0.05, 0) is 31.0 Å². The number of nitrogens with one attached hydrogen (secondary N) is 1. The minimum absolute atomic E-state index is 0.170. The Bertz CT molecular complexity index is 772. The second-order valence-electron chi connectivity index (χ2n) is 6.32. The lowest BCUT2D eigenvalue weighted by molar-refractivity contribution is -0.120. The number of carbonyl (C=O) groups is 2. The van der Waals surface area contributed by atoms with Crippen LogP contribution in [0.25, 0.3) is 0 Å². The molecule has 0 spiro atoms. The summed E-state index contributed by atoms with van der Waals surface area (Å²) in [6.45, 7) is 0.682. The molecule has 2 rings (SSSR count). The highest BCUT2D eigenvalue weighted by molar-refractivity contribution is 7.88. The molecule has 2 amide bonds. The Morgan fingerprint density at radius 1 is 1.24 bits per heavy atom. The topological polar surface area (TPSA) is 86.8 Å². The van der Waals surface area contributed by atoms with E-state index < -0.39 is 10.0 Å². The van der Waals surface area contributed by atoms with Crippen molar-refractivity contribution in [2.75, 3.05) is 38.8 Å². The molecule has 0 radical (unpaired) electrons. The van der Waals surface area contributed by atoms with E-state index in [9.17, 15) is 18.0 Å². The van der Waals surface area contributed by atoms with Crippen molar-refractivity contribution in [3.63, 3.8) is 0 Å². The molecule has 0 aromatic heterocycles. The van der Waals surface area contributed by atoms with Gasteiger partial charge in [-0.25, -0.2) is 12.7 Å². The number of benzene rings is 1. The minimum Gasteiger partial charge on any atom is -0.345 e. The van der Waals surface area contributed by atoms with Gasteiger partial charge in [-0.15, -0.1) is 0 Å². The molecule has 0 bridgehead atoms. The van der Waals surface area contributed by atoms with Crippen molar-refractivity contribution in [1.29, 1.82) is 0 Å². The first-order chi connectivity index (χ1) is 11.6. The summed E-state index contributed by atoms with van der Waals surface area (Å²) in [6.07, 6.45) is 2.12. The number of hydrogen-bond donors (Lipinski definition) is 1. The lowest BCUT2D eigenvalue weighted by Crippen LogP contribution is -2.40. The Hall–Kier alpha value is -1.64. The number of nitrogens with zero attached hydrogens (tertiary/aromatic N) is 2. The fourth-order valence-corrected chi connectivity index (χ4v) is 3.84. The van der Waals surface area contributed by atoms with Gasteiger partial charge in [0.25, 0.3) is 5.91 Å². The summed E-state index contributed by atoms with van der Waals surface area (Å²) in [7, 11) is 0.0610. The molecule has 0 unspecified atom stereocenters. The number of anilines is 1. The molecule has 0 atom stereocenters. The lowest BCUT2D eigenvalue weighted by Gasteiger charge is -2.29. The molecule has 1 aliphatic rings. The molecule has 0 saturated carbocycles. The Morgan fingerprint density at radius 2 is 1.84 bits per heavy atom. The summed E-state index contributed by atoms with van der Waals surface area (Å²) in [5.41, 5.74) is 0.877. The largest absolute Gasteiger partial charge is 0.345 e. The zero-order valence-corrected chi connectivity index (χ0v) is 16.0. The zero-order valence-electron chi connectivity index (χ0n) is 14.5. The summed E-state index contributed by atoms with van der Waals surface area (Å²) in [6, 6.07) is 4.75. The summed E-state index contributed by atoms with van der Waals surface area (Å²) in [4.78, 5) is 25.7. The number of hydrogen-bond acceptors (Lipinski definition) is 4. The van der Waals surface area contributed by atoms with E-state index in [1.54, 1.807) is 32.3 Å². The number of carbonyl (C=O) groups excluding carboxylic acids is 2. The quantitative estimate of drug-likeness (QED) is 0.851. The summed E-state index contributed by atoms with van der Waals surface area (Å²) in [5, 5.41) is 3.05. The molecule has 1 aromatic carbocycles. The highest BCUT2D eigenvalue weighted by atomic mass is 35.5. The van der Waals surface area contributed by atoms with E-state index in [0.717, 1.165) is 0 Å². The average molecular weight is 388 g/mol. The van der Waals surface area contributed by atoms with Crippen molar-refractivity contribution in [2.45, 2.75) is 12.8 Å². The average Bonchev–Trinajstić information content (AvgIpc) is 2.53. The smallest absolute Gasteiger partial charge is 0.254 e. The fourth-order valence-electron chi connectivity index (χ4n) is 2.70. The van der Waals surface area contributed by atoms with E-state index in [-0.39, 0.29) is 22.8 Å². The van der Waals surface area contributed by atoms with Crippen LogP contribution in [0.5, 0.6) is 0 Å². The Kier molecular flexibility index (Phi) is 6.08. The Labute approximate surface area is 153 Å². The minimum atomic E-state index is -3.21. The first-order valence-electron chi connectivity index (χ1n) is 7.87. The molecular formula is C16H22ClN3O4S. The van der Waals surface area contributed by atoms with Gasteiger partial charge in [-0.3, -0.25) is 9.59 Å². The third-order valence-corrected chi connectivity index (χ3v) is 5.78. The third kappa shape index (κ3) is 4.93. The van der Waals surface area contributed by atoms with E-state index in [2.05, 4.69) is 5.32 Å². The number of piperidine rings is 1. The molecule has 1 aliphatic heterocycles. The van der Waals surface area contributed by atoms with Gasteiger partial charge in [0.05, 0.1) is 16.8 Å². The van der Waals surface area contributed by atoms with Gasteiger partial charge in [-0.2, -0.15) is 0 Å². The van der Waals surface area contributed by atoms with Crippen molar-refractivity contribution in [2.24, 2.45) is 5.92 Å². The van der Waals surface area contributed by atoms with Crippen molar-refractivity contribution in [1.82, 2.24) is 9.21 Å². The maximum atomic E-state index is 12.4. The van der Waals surface area contributed by atoms with Crippen molar-refractivity contribution >= 4 is 39.1 Å². The molecule has 138 valence electrons. The first-order valence-corrected chi connectivity index (χ1v) is 10.1. The standard InChI is InChI=1S/C16H22ClN3O4S/c1-19(2)16(22)13-5-4-12(10-14(13)17)18-15(21)11-6-8-20(9-7-11)25(3,23)24/h4-5,10-11H,6-9H2,1-3H3,(H,18,21). The molecule has 0 aliphatic carbocycles. The van der Waals surface area contributed by atoms with Gasteiger partial charge >= 0.3 is 0 Å². The van der Waals surface area contributed by atoms with Gasteiger partial charge < -0.3 is 10.2 Å². The van der Waals surface area contributed by atoms with Crippen molar-refractivity contribution < 1.29 is 18.0 Å². The normalized spacial score (nSPS) is 16.5. The van der Waals surface area contributed by atoms with Crippen LogP contribution in [0.1, 0.15) is 23.2 Å². The Balaban J connectivity index is 2.00. The maximum absolute atomic E-state index is 12.4. The lowest BCUT2D eigenvalue weighted by atomic mass is 9.97. The van der Waals surface area contributed by atoms with Crippen LogP contribution < -0.4 is 5.32 Å². The van der Waals surface area contributed by atoms with E-state index in [1.165, 1.54) is 15.5 Å². The molecule has 7 nitrogen and oxygen atoms in total. The molecule has 9 heteroatoms. The molecule has 1 N–H and O–H groups in total. The van der Waals surface area contributed by atoms with E-state index in [0.29, 0.717) is 37.2 Å². The molecule has 1 heterocycles. The fraction of sp³-hybridized carbons (Fsp3) is 0.500. The first kappa shape index (κ1) is 19.7. The predicted molar refractivity (Wildman–Crippen MR) is 97.2 cm³/mol. The molecule has 1 fully saturated rings. The van der Waals surface area contributed by atoms with E-state index in [1.807, 2.05) is 0 Å². The Morgan fingerprint density at radius 3 is 2.32 bits per heavy atom. The van der Waals surface area contributed by atoms with Crippen LogP contribution >= 0.6 is 11.6 Å². The second-order valence-corrected chi connectivity index (χ2v) is 8.71. The molecule has 1 aromatic rings. The third-order valence-electron chi connectivity index (χ3n) is 4.17. The summed E-state index contributed by atoms with van der Waals surface area (Å²) >= 11 is 6.13. The monoisotopic (exact) mass is 387 g/mol. The van der Waals surface area contributed by atoms with Crippen molar-refractivity contribution in [3.05, 3.63) is 28.8 Å². The highest BCUT2D eigenvalue weighted by Gasteiger charge is 2.29. The molecular weight excluding hydrogens is 366 g/mol.